The Kier molecular flexibility index (Phi) is 4.27. The van der Waals surface area contributed by atoms with Crippen LogP contribution in [0.15, 0.2) is 36.5 Å². The molecule has 0 N–H and O–H groups in total. The van der Waals surface area contributed by atoms with E-state index in [1.165, 1.54) is 49.4 Å². The number of hydrogen-bond donors (Lipinski definition) is 0. The summed E-state index contributed by atoms with van der Waals surface area (Å²) >= 11 is 0. The van der Waals surface area contributed by atoms with Crippen molar-refractivity contribution in [3.05, 3.63) is 53.3 Å². The maximum absolute atomic E-state index is 12.0. The number of hydrogen-bond acceptors (Lipinski definition) is 3. The number of fused-ring (bicyclic) bond motifs is 1. The second-order valence-electron chi connectivity index (χ2n) is 7.21. The van der Waals surface area contributed by atoms with Gasteiger partial charge in [0.1, 0.15) is 0 Å². The Labute approximate surface area is 153 Å². The van der Waals surface area contributed by atoms with E-state index in [9.17, 15) is 4.79 Å². The van der Waals surface area contributed by atoms with E-state index in [0.29, 0.717) is 11.5 Å². The molecule has 26 heavy (non-hydrogen) atoms. The lowest BCUT2D eigenvalue weighted by Gasteiger charge is -2.13. The molecule has 0 unspecified atom stereocenters. The Hall–Kier alpha value is -2.62. The van der Waals surface area contributed by atoms with E-state index in [1.807, 2.05) is 25.3 Å². The van der Waals surface area contributed by atoms with Crippen LogP contribution in [0.25, 0.3) is 22.2 Å². The Morgan fingerprint density at radius 2 is 1.96 bits per heavy atom. The smallest absolute Gasteiger partial charge is 0.337 e. The van der Waals surface area contributed by atoms with Crippen LogP contribution in [0.4, 0.5) is 0 Å². The van der Waals surface area contributed by atoms with Crippen molar-refractivity contribution in [3.63, 3.8) is 0 Å². The lowest BCUT2D eigenvalue weighted by molar-refractivity contribution is 0.0601. The summed E-state index contributed by atoms with van der Waals surface area (Å²) in [6.45, 7) is 2.01. The first-order valence-corrected chi connectivity index (χ1v) is 9.24. The number of rotatable bonds is 3. The van der Waals surface area contributed by atoms with Gasteiger partial charge in [0.15, 0.2) is 0 Å². The van der Waals surface area contributed by atoms with Crippen molar-refractivity contribution >= 4 is 16.9 Å². The lowest BCUT2D eigenvalue weighted by Crippen LogP contribution is -2.01. The van der Waals surface area contributed by atoms with Crippen LogP contribution in [0.2, 0.25) is 0 Å². The normalized spacial score (nSPS) is 14.9. The topological polar surface area (TPSA) is 44.1 Å². The Morgan fingerprint density at radius 1 is 1.19 bits per heavy atom. The quantitative estimate of drug-likeness (QED) is 0.626. The molecule has 0 amide bonds. The molecule has 0 spiro atoms. The summed E-state index contributed by atoms with van der Waals surface area (Å²) < 4.78 is 7.11. The number of methoxy groups -OCH3 is 1. The molecule has 134 valence electrons. The number of carbonyl (C=O) groups excluding carboxylic acids is 1. The van der Waals surface area contributed by atoms with Crippen molar-refractivity contribution in [1.82, 2.24) is 9.55 Å². The molecular formula is C22H24N2O2. The highest BCUT2D eigenvalue weighted by Gasteiger charge is 2.27. The summed E-state index contributed by atoms with van der Waals surface area (Å²) in [6.07, 6.45) is 6.98. The molecule has 1 saturated carbocycles. The van der Waals surface area contributed by atoms with Gasteiger partial charge in [0.2, 0.25) is 0 Å². The van der Waals surface area contributed by atoms with E-state index < -0.39 is 0 Å². The molecule has 0 aliphatic heterocycles. The van der Waals surface area contributed by atoms with Crippen molar-refractivity contribution in [2.45, 2.75) is 38.5 Å². The molecule has 4 rings (SSSR count). The summed E-state index contributed by atoms with van der Waals surface area (Å²) in [5.41, 5.74) is 6.44. The first-order chi connectivity index (χ1) is 12.6. The summed E-state index contributed by atoms with van der Waals surface area (Å²) in [7, 11) is 3.50. The summed E-state index contributed by atoms with van der Waals surface area (Å²) in [6, 6.07) is 10.1. The monoisotopic (exact) mass is 348 g/mol. The average Bonchev–Trinajstić information content (AvgIpc) is 3.28. The lowest BCUT2D eigenvalue weighted by atomic mass is 9.92. The van der Waals surface area contributed by atoms with E-state index in [0.717, 1.165) is 16.8 Å². The van der Waals surface area contributed by atoms with Crippen molar-refractivity contribution < 1.29 is 9.53 Å². The number of carbonyl (C=O) groups is 1. The van der Waals surface area contributed by atoms with Crippen LogP contribution >= 0.6 is 0 Å². The molecule has 0 radical (unpaired) electrons. The predicted molar refractivity (Wildman–Crippen MR) is 103 cm³/mol. The number of pyridine rings is 1. The molecule has 2 aromatic heterocycles. The molecule has 0 bridgehead atoms. The van der Waals surface area contributed by atoms with Gasteiger partial charge < -0.3 is 9.30 Å². The minimum absolute atomic E-state index is 0.297. The number of nitrogens with zero attached hydrogens (tertiary/aromatic N) is 2. The first kappa shape index (κ1) is 16.8. The Bertz CT molecular complexity index is 964. The molecule has 1 aliphatic rings. The van der Waals surface area contributed by atoms with Gasteiger partial charge in [0.25, 0.3) is 0 Å². The standard InChI is InChI=1S/C22H24N2O2/c1-14-8-9-17(13-23-14)21-20(15-6-4-5-7-15)18-11-10-16(22(25)26-3)12-19(18)24(21)2/h8-13,15H,4-7H2,1-3H3. The second-order valence-corrected chi connectivity index (χ2v) is 7.21. The predicted octanol–water partition coefficient (Wildman–Crippen LogP) is 4.99. The van der Waals surface area contributed by atoms with Gasteiger partial charge in [-0.2, -0.15) is 0 Å². The van der Waals surface area contributed by atoms with Crippen molar-refractivity contribution in [2.75, 3.05) is 7.11 Å². The Morgan fingerprint density at radius 3 is 2.62 bits per heavy atom. The van der Waals surface area contributed by atoms with Gasteiger partial charge in [-0.3, -0.25) is 4.98 Å². The molecule has 1 fully saturated rings. The second kappa shape index (κ2) is 6.60. The summed E-state index contributed by atoms with van der Waals surface area (Å²) in [4.78, 5) is 16.5. The zero-order chi connectivity index (χ0) is 18.3. The minimum Gasteiger partial charge on any atom is -0.465 e. The molecular weight excluding hydrogens is 324 g/mol. The molecule has 4 heteroatoms. The molecule has 0 saturated heterocycles. The van der Waals surface area contributed by atoms with Gasteiger partial charge in [-0.1, -0.05) is 18.9 Å². The maximum atomic E-state index is 12.0. The van der Waals surface area contributed by atoms with Crippen LogP contribution in [-0.2, 0) is 11.8 Å². The van der Waals surface area contributed by atoms with E-state index in [4.69, 9.17) is 4.74 Å². The van der Waals surface area contributed by atoms with Crippen molar-refractivity contribution in [2.24, 2.45) is 7.05 Å². The van der Waals surface area contributed by atoms with Crippen molar-refractivity contribution in [1.29, 1.82) is 0 Å². The third-order valence-electron chi connectivity index (χ3n) is 5.61. The highest BCUT2D eigenvalue weighted by molar-refractivity contribution is 5.98. The van der Waals surface area contributed by atoms with Crippen LogP contribution in [0.5, 0.6) is 0 Å². The minimum atomic E-state index is -0.297. The van der Waals surface area contributed by atoms with Gasteiger partial charge in [0, 0.05) is 35.4 Å². The SMILES string of the molecule is COC(=O)c1ccc2c(C3CCCC3)c(-c3ccc(C)nc3)n(C)c2c1. The van der Waals surface area contributed by atoms with Gasteiger partial charge in [-0.15, -0.1) is 0 Å². The first-order valence-electron chi connectivity index (χ1n) is 9.24. The highest BCUT2D eigenvalue weighted by atomic mass is 16.5. The van der Waals surface area contributed by atoms with Gasteiger partial charge in [-0.05, 0) is 55.5 Å². The molecule has 0 atom stereocenters. The van der Waals surface area contributed by atoms with E-state index in [2.05, 4.69) is 34.8 Å². The summed E-state index contributed by atoms with van der Waals surface area (Å²) in [5, 5.41) is 1.24. The number of esters is 1. The Balaban J connectivity index is 1.98. The van der Waals surface area contributed by atoms with E-state index in [-0.39, 0.29) is 5.97 Å². The highest BCUT2D eigenvalue weighted by Crippen LogP contribution is 2.44. The van der Waals surface area contributed by atoms with Gasteiger partial charge >= 0.3 is 5.97 Å². The van der Waals surface area contributed by atoms with Crippen LogP contribution in [0.3, 0.4) is 0 Å². The molecule has 3 aromatic rings. The number of benzene rings is 1. The van der Waals surface area contributed by atoms with Crippen LogP contribution in [0.1, 0.15) is 53.2 Å². The molecule has 1 aromatic carbocycles. The third kappa shape index (κ3) is 2.70. The van der Waals surface area contributed by atoms with E-state index >= 15 is 0 Å². The molecule has 4 nitrogen and oxygen atoms in total. The zero-order valence-corrected chi connectivity index (χ0v) is 15.6. The maximum Gasteiger partial charge on any atom is 0.337 e. The molecule has 2 heterocycles. The summed E-state index contributed by atoms with van der Waals surface area (Å²) in [5.74, 6) is 0.271. The third-order valence-corrected chi connectivity index (χ3v) is 5.61. The van der Waals surface area contributed by atoms with Gasteiger partial charge in [0.05, 0.1) is 18.4 Å². The van der Waals surface area contributed by atoms with Crippen LogP contribution in [-0.4, -0.2) is 22.6 Å². The number of ether oxygens (including phenoxy) is 1. The fourth-order valence-electron chi connectivity index (χ4n) is 4.30. The van der Waals surface area contributed by atoms with Crippen LogP contribution < -0.4 is 0 Å². The van der Waals surface area contributed by atoms with Crippen LogP contribution in [0, 0.1) is 6.92 Å². The fraction of sp³-hybridized carbons (Fsp3) is 0.364. The zero-order valence-electron chi connectivity index (χ0n) is 15.6. The fourth-order valence-corrected chi connectivity index (χ4v) is 4.30. The van der Waals surface area contributed by atoms with Crippen molar-refractivity contribution in [3.8, 4) is 11.3 Å². The number of aromatic nitrogens is 2. The molecule has 1 aliphatic carbocycles. The van der Waals surface area contributed by atoms with Gasteiger partial charge in [-0.25, -0.2) is 4.79 Å². The largest absolute Gasteiger partial charge is 0.465 e. The number of aryl methyl sites for hydroxylation is 2. The average molecular weight is 348 g/mol. The van der Waals surface area contributed by atoms with E-state index in [1.54, 1.807) is 0 Å².